The molecule has 0 saturated heterocycles. The number of pyridine rings is 1. The fourth-order valence-corrected chi connectivity index (χ4v) is 1.85. The third-order valence-corrected chi connectivity index (χ3v) is 2.66. The highest BCUT2D eigenvalue weighted by molar-refractivity contribution is 5.57. The average Bonchev–Trinajstić information content (AvgIpc) is 2.49. The minimum Gasteiger partial charge on any atom is -0.339 e. The Morgan fingerprint density at radius 2 is 2.38 bits per heavy atom. The minimum absolute atomic E-state index is 0.838. The van der Waals surface area contributed by atoms with E-state index in [0.717, 1.165) is 24.4 Å². The number of rotatable bonds is 2. The highest BCUT2D eigenvalue weighted by Crippen LogP contribution is 2.26. The van der Waals surface area contributed by atoms with Gasteiger partial charge in [-0.3, -0.25) is 4.98 Å². The molecule has 2 rings (SSSR count). The van der Waals surface area contributed by atoms with Gasteiger partial charge in [-0.1, -0.05) is 12.2 Å². The van der Waals surface area contributed by atoms with E-state index in [1.54, 1.807) is 0 Å². The smallest absolute Gasteiger partial charge is 0.132 e. The maximum Gasteiger partial charge on any atom is 0.132 e. The van der Waals surface area contributed by atoms with Crippen LogP contribution in [0.25, 0.3) is 0 Å². The molecule has 1 aromatic heterocycles. The Hall–Kier alpha value is -1.90. The van der Waals surface area contributed by atoms with Gasteiger partial charge in [0.1, 0.15) is 5.82 Å². The molecule has 0 fully saturated rings. The Morgan fingerprint density at radius 3 is 3.12 bits per heavy atom. The topological polar surface area (TPSA) is 37.3 Å². The quantitative estimate of drug-likeness (QED) is 0.767. The molecule has 3 heteroatoms. The highest BCUT2D eigenvalue weighted by Gasteiger charge is 2.12. The summed E-state index contributed by atoms with van der Waals surface area (Å²) < 4.78 is 0. The molecule has 1 aliphatic rings. The summed E-state index contributed by atoms with van der Waals surface area (Å²) in [7, 11) is 0. The summed E-state index contributed by atoms with van der Waals surface area (Å²) in [6.07, 6.45) is 9.74. The van der Waals surface area contributed by atoms with E-state index in [0.29, 0.717) is 0 Å². The summed E-state index contributed by atoms with van der Waals surface area (Å²) in [6.45, 7) is 5.61. The zero-order chi connectivity index (χ0) is 11.4. The van der Waals surface area contributed by atoms with Crippen molar-refractivity contribution in [3.05, 3.63) is 47.6 Å². The lowest BCUT2D eigenvalue weighted by Crippen LogP contribution is -1.99. The molecule has 0 aromatic carbocycles. The second-order valence-electron chi connectivity index (χ2n) is 3.69. The number of anilines is 1. The molecular formula is C13H15N3. The molecule has 0 bridgehead atoms. The summed E-state index contributed by atoms with van der Waals surface area (Å²) in [5, 5.41) is 3.28. The number of allylic oxidation sites excluding steroid dienone is 3. The molecule has 2 heterocycles. The van der Waals surface area contributed by atoms with Crippen molar-refractivity contribution in [1.29, 1.82) is 0 Å². The maximum atomic E-state index is 4.11. The molecule has 16 heavy (non-hydrogen) atoms. The van der Waals surface area contributed by atoms with Crippen LogP contribution in [-0.4, -0.2) is 11.7 Å². The second kappa shape index (κ2) is 4.75. The number of hydrogen-bond donors (Lipinski definition) is 1. The fourth-order valence-electron chi connectivity index (χ4n) is 1.85. The zero-order valence-corrected chi connectivity index (χ0v) is 9.40. The first kappa shape index (κ1) is 10.6. The van der Waals surface area contributed by atoms with Crippen LogP contribution >= 0.6 is 0 Å². The molecule has 0 amide bonds. The van der Waals surface area contributed by atoms with Gasteiger partial charge in [0.2, 0.25) is 0 Å². The number of fused-ring (bicyclic) bond motifs is 1. The normalized spacial score (nSPS) is 15.6. The molecule has 1 N–H and O–H groups in total. The molecule has 82 valence electrons. The van der Waals surface area contributed by atoms with Crippen LogP contribution in [0.4, 0.5) is 5.69 Å². The van der Waals surface area contributed by atoms with Crippen molar-refractivity contribution in [2.75, 3.05) is 5.32 Å². The monoisotopic (exact) mass is 213 g/mol. The lowest BCUT2D eigenvalue weighted by Gasteiger charge is -2.07. The Bertz CT molecular complexity index is 458. The van der Waals surface area contributed by atoms with E-state index in [1.165, 1.54) is 11.1 Å². The summed E-state index contributed by atoms with van der Waals surface area (Å²) in [5.74, 6) is 0.838. The predicted molar refractivity (Wildman–Crippen MR) is 67.6 cm³/mol. The van der Waals surface area contributed by atoms with Crippen molar-refractivity contribution >= 4 is 12.4 Å². The SMILES string of the molecule is C=NC1=C(/C=C\C)CCc2ccncc2N1. The lowest BCUT2D eigenvalue weighted by molar-refractivity contribution is 0.964. The number of aliphatic imine (C=N–C) groups is 1. The second-order valence-corrected chi connectivity index (χ2v) is 3.69. The van der Waals surface area contributed by atoms with E-state index in [9.17, 15) is 0 Å². The number of nitrogens with zero attached hydrogens (tertiary/aromatic N) is 2. The third-order valence-electron chi connectivity index (χ3n) is 2.66. The Kier molecular flexibility index (Phi) is 3.15. The Morgan fingerprint density at radius 1 is 1.50 bits per heavy atom. The molecular weight excluding hydrogens is 198 g/mol. The van der Waals surface area contributed by atoms with Crippen molar-refractivity contribution < 1.29 is 0 Å². The van der Waals surface area contributed by atoms with Crippen molar-refractivity contribution in [2.45, 2.75) is 19.8 Å². The summed E-state index contributed by atoms with van der Waals surface area (Å²) in [4.78, 5) is 8.16. The molecule has 0 radical (unpaired) electrons. The van der Waals surface area contributed by atoms with Crippen molar-refractivity contribution in [2.24, 2.45) is 4.99 Å². The molecule has 0 aliphatic carbocycles. The molecule has 1 aliphatic heterocycles. The van der Waals surface area contributed by atoms with E-state index < -0.39 is 0 Å². The fraction of sp³-hybridized carbons (Fsp3) is 0.231. The van der Waals surface area contributed by atoms with Crippen LogP contribution in [0.1, 0.15) is 18.9 Å². The van der Waals surface area contributed by atoms with E-state index in [4.69, 9.17) is 0 Å². The van der Waals surface area contributed by atoms with Crippen LogP contribution in [0.3, 0.4) is 0 Å². The van der Waals surface area contributed by atoms with Crippen LogP contribution in [0.15, 0.2) is 47.0 Å². The van der Waals surface area contributed by atoms with Gasteiger partial charge in [0.05, 0.1) is 11.9 Å². The first-order valence-electron chi connectivity index (χ1n) is 5.37. The van der Waals surface area contributed by atoms with Gasteiger partial charge in [0.15, 0.2) is 0 Å². The van der Waals surface area contributed by atoms with Crippen LogP contribution in [0.2, 0.25) is 0 Å². The molecule has 3 nitrogen and oxygen atoms in total. The highest BCUT2D eigenvalue weighted by atomic mass is 15.0. The summed E-state index contributed by atoms with van der Waals surface area (Å²) in [5.41, 5.74) is 3.49. The first-order valence-corrected chi connectivity index (χ1v) is 5.37. The van der Waals surface area contributed by atoms with Gasteiger partial charge < -0.3 is 5.32 Å². The van der Waals surface area contributed by atoms with Gasteiger partial charge in [-0.05, 0) is 43.7 Å². The number of nitrogens with one attached hydrogen (secondary N) is 1. The minimum atomic E-state index is 0.838. The van der Waals surface area contributed by atoms with E-state index in [1.807, 2.05) is 31.5 Å². The van der Waals surface area contributed by atoms with E-state index in [-0.39, 0.29) is 0 Å². The largest absolute Gasteiger partial charge is 0.339 e. The van der Waals surface area contributed by atoms with E-state index >= 15 is 0 Å². The standard InChI is InChI=1S/C13H15N3/c1-3-4-11-6-5-10-7-8-15-9-12(10)16-13(11)14-2/h3-4,7-9,16H,2,5-6H2,1H3/b4-3-. The molecule has 0 atom stereocenters. The van der Waals surface area contributed by atoms with Gasteiger partial charge in [-0.15, -0.1) is 0 Å². The third kappa shape index (κ3) is 2.03. The molecule has 1 aromatic rings. The lowest BCUT2D eigenvalue weighted by atomic mass is 10.1. The Labute approximate surface area is 95.6 Å². The van der Waals surface area contributed by atoms with Crippen molar-refractivity contribution in [3.8, 4) is 0 Å². The number of aromatic nitrogens is 1. The number of aryl methyl sites for hydroxylation is 1. The van der Waals surface area contributed by atoms with Gasteiger partial charge in [0, 0.05) is 6.20 Å². The van der Waals surface area contributed by atoms with E-state index in [2.05, 4.69) is 28.1 Å². The molecule has 0 unspecified atom stereocenters. The predicted octanol–water partition coefficient (Wildman–Crippen LogP) is 2.93. The zero-order valence-electron chi connectivity index (χ0n) is 9.40. The van der Waals surface area contributed by atoms with Gasteiger partial charge in [-0.2, -0.15) is 0 Å². The first-order chi connectivity index (χ1) is 7.85. The van der Waals surface area contributed by atoms with Crippen LogP contribution in [0.5, 0.6) is 0 Å². The van der Waals surface area contributed by atoms with Crippen LogP contribution < -0.4 is 5.32 Å². The van der Waals surface area contributed by atoms with Gasteiger partial charge in [0.25, 0.3) is 0 Å². The summed E-state index contributed by atoms with van der Waals surface area (Å²) >= 11 is 0. The van der Waals surface area contributed by atoms with Gasteiger partial charge >= 0.3 is 0 Å². The maximum absolute atomic E-state index is 4.11. The van der Waals surface area contributed by atoms with Crippen LogP contribution in [0, 0.1) is 0 Å². The molecule has 0 saturated carbocycles. The van der Waals surface area contributed by atoms with Crippen molar-refractivity contribution in [1.82, 2.24) is 4.98 Å². The molecule has 0 spiro atoms. The van der Waals surface area contributed by atoms with Crippen LogP contribution in [-0.2, 0) is 6.42 Å². The number of hydrogen-bond acceptors (Lipinski definition) is 3. The van der Waals surface area contributed by atoms with Crippen molar-refractivity contribution in [3.63, 3.8) is 0 Å². The Balaban J connectivity index is 2.40. The average molecular weight is 213 g/mol. The summed E-state index contributed by atoms with van der Waals surface area (Å²) in [6, 6.07) is 2.04. The van der Waals surface area contributed by atoms with Gasteiger partial charge in [-0.25, -0.2) is 4.99 Å².